The van der Waals surface area contributed by atoms with Gasteiger partial charge in [0.15, 0.2) is 0 Å². The first-order valence-corrected chi connectivity index (χ1v) is 10.2. The van der Waals surface area contributed by atoms with E-state index in [0.717, 1.165) is 39.8 Å². The summed E-state index contributed by atoms with van der Waals surface area (Å²) in [6.07, 6.45) is 0.741. The zero-order valence-corrected chi connectivity index (χ0v) is 16.6. The molecule has 0 bridgehead atoms. The normalized spacial score (nSPS) is 23.3. The van der Waals surface area contributed by atoms with Crippen LogP contribution < -0.4 is 4.90 Å². The Morgan fingerprint density at radius 3 is 2.55 bits per heavy atom. The third-order valence-electron chi connectivity index (χ3n) is 6.64. The van der Waals surface area contributed by atoms with Gasteiger partial charge in [-0.25, -0.2) is 0 Å². The second-order valence-electron chi connectivity index (χ2n) is 8.22. The highest BCUT2D eigenvalue weighted by Crippen LogP contribution is 2.48. The molecule has 2 heterocycles. The lowest BCUT2D eigenvalue weighted by Gasteiger charge is -2.30. The van der Waals surface area contributed by atoms with Crippen LogP contribution in [0.1, 0.15) is 29.7 Å². The van der Waals surface area contributed by atoms with Crippen molar-refractivity contribution in [3.63, 3.8) is 0 Å². The van der Waals surface area contributed by atoms with E-state index < -0.39 is 17.8 Å². The van der Waals surface area contributed by atoms with Crippen LogP contribution in [0.2, 0.25) is 0 Å². The molecule has 5 heteroatoms. The molecule has 1 aliphatic carbocycles. The Morgan fingerprint density at radius 1 is 1.14 bits per heavy atom. The molecule has 2 aromatic carbocycles. The summed E-state index contributed by atoms with van der Waals surface area (Å²) in [6, 6.07) is 16.0. The molecule has 29 heavy (non-hydrogen) atoms. The lowest BCUT2D eigenvalue weighted by atomic mass is 9.72. The second kappa shape index (κ2) is 6.48. The van der Waals surface area contributed by atoms with E-state index in [2.05, 4.69) is 10.6 Å². The first kappa shape index (κ1) is 18.0. The van der Waals surface area contributed by atoms with Crippen LogP contribution in [-0.2, 0) is 22.6 Å². The van der Waals surface area contributed by atoms with Crippen molar-refractivity contribution in [2.45, 2.75) is 32.7 Å². The minimum absolute atomic E-state index is 0.00788. The maximum absolute atomic E-state index is 13.4. The molecule has 3 atom stereocenters. The molecule has 148 valence electrons. The molecular formula is C24H24N2O3. The monoisotopic (exact) mass is 388 g/mol. The van der Waals surface area contributed by atoms with E-state index >= 15 is 0 Å². The predicted molar refractivity (Wildman–Crippen MR) is 112 cm³/mol. The van der Waals surface area contributed by atoms with Gasteiger partial charge >= 0.3 is 5.97 Å². The van der Waals surface area contributed by atoms with E-state index in [-0.39, 0.29) is 11.8 Å². The molecule has 3 unspecified atom stereocenters. The number of fused-ring (bicyclic) bond motifs is 4. The summed E-state index contributed by atoms with van der Waals surface area (Å²) >= 11 is 0. The molecule has 0 saturated carbocycles. The number of hydrogen-bond donors (Lipinski definition) is 1. The number of aromatic nitrogens is 1. The molecule has 1 aromatic heterocycles. The van der Waals surface area contributed by atoms with Crippen LogP contribution in [0.25, 0.3) is 10.9 Å². The number of carbonyl (C=O) groups is 2. The lowest BCUT2D eigenvalue weighted by molar-refractivity contribution is -0.143. The molecule has 5 nitrogen and oxygen atoms in total. The van der Waals surface area contributed by atoms with Gasteiger partial charge in [-0.1, -0.05) is 35.9 Å². The van der Waals surface area contributed by atoms with Crippen LogP contribution in [0, 0.1) is 18.8 Å². The minimum Gasteiger partial charge on any atom is -0.481 e. The van der Waals surface area contributed by atoms with Gasteiger partial charge in [-0.15, -0.1) is 0 Å². The fourth-order valence-corrected chi connectivity index (χ4v) is 5.39. The lowest BCUT2D eigenvalue weighted by Crippen LogP contribution is -2.37. The minimum atomic E-state index is -0.905. The number of rotatable bonds is 3. The number of anilines is 1. The van der Waals surface area contributed by atoms with Gasteiger partial charge in [0.1, 0.15) is 5.92 Å². The van der Waals surface area contributed by atoms with Crippen LogP contribution in [-0.4, -0.2) is 28.1 Å². The Hall–Kier alpha value is -3.08. The summed E-state index contributed by atoms with van der Waals surface area (Å²) < 4.78 is 2.10. The number of carboxylic acids is 1. The maximum Gasteiger partial charge on any atom is 0.313 e. The average molecular weight is 388 g/mol. The average Bonchev–Trinajstić information content (AvgIpc) is 3.21. The standard InChI is InChI=1S/C24H24N2O3/c1-3-25-19-7-5-4-6-17(19)18-12-15-13-26(16-10-8-14(2)9-11-16)23(27)20(15)21(22(18)25)24(28)29/h4-11,15,20-21H,3,12-13H2,1-2H3,(H,28,29). The van der Waals surface area contributed by atoms with E-state index in [0.29, 0.717) is 13.1 Å². The van der Waals surface area contributed by atoms with Crippen molar-refractivity contribution in [2.24, 2.45) is 11.8 Å². The summed E-state index contributed by atoms with van der Waals surface area (Å²) in [7, 11) is 0. The molecule has 1 saturated heterocycles. The molecule has 2 aliphatic rings. The van der Waals surface area contributed by atoms with Gasteiger partial charge in [-0.05, 0) is 49.9 Å². The number of hydrogen-bond acceptors (Lipinski definition) is 2. The maximum atomic E-state index is 13.4. The van der Waals surface area contributed by atoms with Gasteiger partial charge in [0.2, 0.25) is 5.91 Å². The van der Waals surface area contributed by atoms with Gasteiger partial charge in [0.05, 0.1) is 5.92 Å². The predicted octanol–water partition coefficient (Wildman–Crippen LogP) is 3.97. The van der Waals surface area contributed by atoms with Gasteiger partial charge < -0.3 is 14.6 Å². The molecule has 1 aliphatic heterocycles. The second-order valence-corrected chi connectivity index (χ2v) is 8.22. The van der Waals surface area contributed by atoms with Crippen molar-refractivity contribution in [1.82, 2.24) is 4.57 Å². The third-order valence-corrected chi connectivity index (χ3v) is 6.64. The highest BCUT2D eigenvalue weighted by Gasteiger charge is 2.53. The van der Waals surface area contributed by atoms with Crippen molar-refractivity contribution in [3.05, 3.63) is 65.4 Å². The van der Waals surface area contributed by atoms with Crippen LogP contribution in [0.3, 0.4) is 0 Å². The van der Waals surface area contributed by atoms with Crippen LogP contribution in [0.4, 0.5) is 5.69 Å². The Labute approximate surface area is 169 Å². The number of nitrogens with zero attached hydrogens (tertiary/aromatic N) is 2. The van der Waals surface area contributed by atoms with E-state index in [1.807, 2.05) is 56.3 Å². The highest BCUT2D eigenvalue weighted by molar-refractivity contribution is 6.02. The van der Waals surface area contributed by atoms with E-state index in [4.69, 9.17) is 0 Å². The number of amides is 1. The Bertz CT molecular complexity index is 1130. The number of aliphatic carboxylic acids is 1. The van der Waals surface area contributed by atoms with Crippen LogP contribution >= 0.6 is 0 Å². The highest BCUT2D eigenvalue weighted by atomic mass is 16.4. The molecular weight excluding hydrogens is 364 g/mol. The molecule has 1 N–H and O–H groups in total. The summed E-state index contributed by atoms with van der Waals surface area (Å²) in [5.41, 5.74) is 4.98. The molecule has 5 rings (SSSR count). The topological polar surface area (TPSA) is 62.5 Å². The first-order chi connectivity index (χ1) is 14.0. The summed E-state index contributed by atoms with van der Waals surface area (Å²) in [5.74, 6) is -2.29. The third kappa shape index (κ3) is 2.53. The van der Waals surface area contributed by atoms with Crippen molar-refractivity contribution in [2.75, 3.05) is 11.4 Å². The fourth-order valence-electron chi connectivity index (χ4n) is 5.39. The molecule has 1 amide bonds. The zero-order chi connectivity index (χ0) is 20.3. The number of aryl methyl sites for hydroxylation is 2. The summed E-state index contributed by atoms with van der Waals surface area (Å²) in [5, 5.41) is 11.3. The van der Waals surface area contributed by atoms with Crippen LogP contribution in [0.5, 0.6) is 0 Å². The van der Waals surface area contributed by atoms with Crippen molar-refractivity contribution in [1.29, 1.82) is 0 Å². The largest absolute Gasteiger partial charge is 0.481 e. The molecule has 1 fully saturated rings. The van der Waals surface area contributed by atoms with Crippen molar-refractivity contribution >= 4 is 28.5 Å². The number of para-hydroxylation sites is 1. The Balaban J connectivity index is 1.65. The van der Waals surface area contributed by atoms with Crippen LogP contribution in [0.15, 0.2) is 48.5 Å². The van der Waals surface area contributed by atoms with Gasteiger partial charge in [0, 0.05) is 35.4 Å². The molecule has 3 aromatic rings. The number of benzene rings is 2. The van der Waals surface area contributed by atoms with Crippen molar-refractivity contribution < 1.29 is 14.7 Å². The Kier molecular flexibility index (Phi) is 4.02. The van der Waals surface area contributed by atoms with E-state index in [1.165, 1.54) is 0 Å². The Morgan fingerprint density at radius 2 is 1.86 bits per heavy atom. The number of carboxylic acid groups (broad SMARTS) is 1. The van der Waals surface area contributed by atoms with Gasteiger partial charge in [0.25, 0.3) is 0 Å². The SMILES string of the molecule is CCn1c2c(c3ccccc31)CC1CN(c3ccc(C)cc3)C(=O)C1C2C(=O)O. The smallest absolute Gasteiger partial charge is 0.313 e. The van der Waals surface area contributed by atoms with Gasteiger partial charge in [-0.2, -0.15) is 0 Å². The van der Waals surface area contributed by atoms with E-state index in [9.17, 15) is 14.7 Å². The van der Waals surface area contributed by atoms with E-state index in [1.54, 1.807) is 4.90 Å². The number of carbonyl (C=O) groups excluding carboxylic acids is 1. The molecule has 0 radical (unpaired) electrons. The van der Waals surface area contributed by atoms with Crippen molar-refractivity contribution in [3.8, 4) is 0 Å². The summed E-state index contributed by atoms with van der Waals surface area (Å²) in [6.45, 7) is 5.31. The fraction of sp³-hybridized carbons (Fsp3) is 0.333. The zero-order valence-electron chi connectivity index (χ0n) is 16.6. The first-order valence-electron chi connectivity index (χ1n) is 10.2. The molecule has 0 spiro atoms. The quantitative estimate of drug-likeness (QED) is 0.738. The van der Waals surface area contributed by atoms with Gasteiger partial charge in [-0.3, -0.25) is 9.59 Å². The summed E-state index contributed by atoms with van der Waals surface area (Å²) in [4.78, 5) is 27.7.